The number of ether oxygens (including phenoxy) is 2. The number of hydrogen-bond acceptors (Lipinski definition) is 4. The van der Waals surface area contributed by atoms with E-state index >= 15 is 0 Å². The Labute approximate surface area is 202 Å². The fourth-order valence-electron chi connectivity index (χ4n) is 4.61. The fraction of sp³-hybridized carbons (Fsp3) is 0.296. The van der Waals surface area contributed by atoms with Gasteiger partial charge in [0.25, 0.3) is 0 Å². The average Bonchev–Trinajstić information content (AvgIpc) is 2.83. The second kappa shape index (κ2) is 10.8. The molecule has 1 unspecified atom stereocenters. The van der Waals surface area contributed by atoms with E-state index in [0.717, 1.165) is 11.1 Å². The molecule has 0 bridgehead atoms. The van der Waals surface area contributed by atoms with Crippen molar-refractivity contribution in [2.24, 2.45) is 0 Å². The van der Waals surface area contributed by atoms with Crippen LogP contribution in [-0.2, 0) is 11.2 Å². The molecule has 5 nitrogen and oxygen atoms in total. The molecule has 1 atom stereocenters. The molecule has 8 heteroatoms. The van der Waals surface area contributed by atoms with Gasteiger partial charge in [-0.2, -0.15) is 0 Å². The molecule has 184 valence electrons. The SMILES string of the molecule is COc1ccc(OC(F)(F)F)cc1CCN1CC(=O)NC(C(c2ccccc2)c2ccccc2)C1. The molecule has 0 spiro atoms. The maximum absolute atomic E-state index is 12.7. The van der Waals surface area contributed by atoms with Crippen molar-refractivity contribution in [2.75, 3.05) is 26.7 Å². The first-order valence-electron chi connectivity index (χ1n) is 11.4. The molecule has 0 saturated carbocycles. The Morgan fingerprint density at radius 2 is 1.63 bits per heavy atom. The normalized spacial score (nSPS) is 16.7. The van der Waals surface area contributed by atoms with Crippen LogP contribution in [0.4, 0.5) is 13.2 Å². The zero-order chi connectivity index (χ0) is 24.8. The fourth-order valence-corrected chi connectivity index (χ4v) is 4.61. The Balaban J connectivity index is 1.52. The predicted octanol–water partition coefficient (Wildman–Crippen LogP) is 4.77. The van der Waals surface area contributed by atoms with E-state index in [2.05, 4.69) is 34.3 Å². The first-order valence-corrected chi connectivity index (χ1v) is 11.4. The third-order valence-electron chi connectivity index (χ3n) is 6.07. The Kier molecular flexibility index (Phi) is 7.60. The number of piperazine rings is 1. The quantitative estimate of drug-likeness (QED) is 0.501. The largest absolute Gasteiger partial charge is 0.573 e. The summed E-state index contributed by atoms with van der Waals surface area (Å²) in [6, 6.07) is 23.9. The Morgan fingerprint density at radius 3 is 2.20 bits per heavy atom. The van der Waals surface area contributed by atoms with Crippen molar-refractivity contribution in [2.45, 2.75) is 24.7 Å². The summed E-state index contributed by atoms with van der Waals surface area (Å²) in [5.41, 5.74) is 2.79. The highest BCUT2D eigenvalue weighted by molar-refractivity contribution is 5.79. The molecular weight excluding hydrogens is 457 g/mol. The van der Waals surface area contributed by atoms with Gasteiger partial charge in [0.05, 0.1) is 19.7 Å². The minimum Gasteiger partial charge on any atom is -0.496 e. The molecule has 1 aliphatic rings. The average molecular weight is 485 g/mol. The zero-order valence-corrected chi connectivity index (χ0v) is 19.3. The molecule has 0 aliphatic carbocycles. The number of carbonyl (C=O) groups excluding carboxylic acids is 1. The van der Waals surface area contributed by atoms with Crippen molar-refractivity contribution in [3.05, 3.63) is 95.6 Å². The topological polar surface area (TPSA) is 50.8 Å². The smallest absolute Gasteiger partial charge is 0.496 e. The Bertz CT molecular complexity index is 1080. The molecule has 3 aromatic rings. The van der Waals surface area contributed by atoms with Crippen LogP contribution in [-0.4, -0.2) is 50.0 Å². The van der Waals surface area contributed by atoms with Gasteiger partial charge in [-0.1, -0.05) is 60.7 Å². The van der Waals surface area contributed by atoms with E-state index in [1.54, 1.807) is 0 Å². The van der Waals surface area contributed by atoms with E-state index in [1.807, 2.05) is 41.3 Å². The zero-order valence-electron chi connectivity index (χ0n) is 19.3. The van der Waals surface area contributed by atoms with Gasteiger partial charge in [-0.15, -0.1) is 13.2 Å². The summed E-state index contributed by atoms with van der Waals surface area (Å²) in [7, 11) is 1.47. The van der Waals surface area contributed by atoms with Gasteiger partial charge in [0, 0.05) is 19.0 Å². The lowest BCUT2D eigenvalue weighted by Crippen LogP contribution is -2.56. The Hall–Kier alpha value is -3.52. The van der Waals surface area contributed by atoms with Gasteiger partial charge in [0.2, 0.25) is 5.91 Å². The molecule has 1 N–H and O–H groups in total. The third kappa shape index (κ3) is 6.54. The predicted molar refractivity (Wildman–Crippen MR) is 126 cm³/mol. The number of alkyl halides is 3. The monoisotopic (exact) mass is 484 g/mol. The first kappa shape index (κ1) is 24.6. The van der Waals surface area contributed by atoms with Crippen LogP contribution in [0.25, 0.3) is 0 Å². The van der Waals surface area contributed by atoms with Gasteiger partial charge in [0.15, 0.2) is 0 Å². The number of carbonyl (C=O) groups is 1. The van der Waals surface area contributed by atoms with Crippen LogP contribution in [0, 0.1) is 0 Å². The molecule has 1 saturated heterocycles. The standard InChI is InChI=1S/C27H27F3N2O3/c1-34-24-13-12-22(35-27(28,29)30)16-21(24)14-15-32-17-23(31-25(33)18-32)26(19-8-4-2-5-9-19)20-10-6-3-7-11-20/h2-13,16,23,26H,14-15,17-18H2,1H3,(H,31,33). The number of amides is 1. The number of nitrogens with zero attached hydrogens (tertiary/aromatic N) is 1. The molecule has 3 aromatic carbocycles. The molecule has 1 aliphatic heterocycles. The van der Waals surface area contributed by atoms with E-state index < -0.39 is 6.36 Å². The van der Waals surface area contributed by atoms with Crippen molar-refractivity contribution >= 4 is 5.91 Å². The van der Waals surface area contributed by atoms with Gasteiger partial charge in [0.1, 0.15) is 11.5 Å². The van der Waals surface area contributed by atoms with Crippen LogP contribution in [0.3, 0.4) is 0 Å². The lowest BCUT2D eigenvalue weighted by molar-refractivity contribution is -0.274. The number of methoxy groups -OCH3 is 1. The Morgan fingerprint density at radius 1 is 1.00 bits per heavy atom. The van der Waals surface area contributed by atoms with Gasteiger partial charge >= 0.3 is 6.36 Å². The van der Waals surface area contributed by atoms with Crippen LogP contribution in [0.1, 0.15) is 22.6 Å². The molecule has 1 fully saturated rings. The number of benzene rings is 3. The molecule has 0 aromatic heterocycles. The molecule has 4 rings (SSSR count). The first-order chi connectivity index (χ1) is 16.8. The van der Waals surface area contributed by atoms with Crippen molar-refractivity contribution in [1.29, 1.82) is 0 Å². The van der Waals surface area contributed by atoms with Crippen LogP contribution in [0.15, 0.2) is 78.9 Å². The van der Waals surface area contributed by atoms with Crippen molar-refractivity contribution in [3.8, 4) is 11.5 Å². The van der Waals surface area contributed by atoms with Gasteiger partial charge in [-0.05, 0) is 41.3 Å². The van der Waals surface area contributed by atoms with E-state index in [1.165, 1.54) is 25.3 Å². The molecule has 1 heterocycles. The lowest BCUT2D eigenvalue weighted by Gasteiger charge is -2.38. The van der Waals surface area contributed by atoms with Crippen molar-refractivity contribution in [3.63, 3.8) is 0 Å². The van der Waals surface area contributed by atoms with Gasteiger partial charge in [-0.25, -0.2) is 0 Å². The highest BCUT2D eigenvalue weighted by Gasteiger charge is 2.33. The second-order valence-corrected chi connectivity index (χ2v) is 8.48. The summed E-state index contributed by atoms with van der Waals surface area (Å²) in [5.74, 6) is 0.0567. The number of rotatable bonds is 8. The highest BCUT2D eigenvalue weighted by Crippen LogP contribution is 2.31. The summed E-state index contributed by atoms with van der Waals surface area (Å²) in [6.45, 7) is 1.29. The van der Waals surface area contributed by atoms with E-state index in [-0.39, 0.29) is 30.2 Å². The molecule has 35 heavy (non-hydrogen) atoms. The molecular formula is C27H27F3N2O3. The summed E-state index contributed by atoms with van der Waals surface area (Å²) >= 11 is 0. The van der Waals surface area contributed by atoms with Crippen molar-refractivity contribution in [1.82, 2.24) is 10.2 Å². The minimum atomic E-state index is -4.77. The van der Waals surface area contributed by atoms with E-state index in [9.17, 15) is 18.0 Å². The summed E-state index contributed by atoms with van der Waals surface area (Å²) in [6.07, 6.45) is -4.37. The van der Waals surface area contributed by atoms with Crippen molar-refractivity contribution < 1.29 is 27.4 Å². The summed E-state index contributed by atoms with van der Waals surface area (Å²) in [5, 5.41) is 3.15. The minimum absolute atomic E-state index is 0.0396. The lowest BCUT2D eigenvalue weighted by atomic mass is 9.84. The highest BCUT2D eigenvalue weighted by atomic mass is 19.4. The second-order valence-electron chi connectivity index (χ2n) is 8.48. The molecule has 0 radical (unpaired) electrons. The van der Waals surface area contributed by atoms with Crippen LogP contribution >= 0.6 is 0 Å². The summed E-state index contributed by atoms with van der Waals surface area (Å²) in [4.78, 5) is 14.7. The van der Waals surface area contributed by atoms with Gasteiger partial charge < -0.3 is 14.8 Å². The van der Waals surface area contributed by atoms with Crippen LogP contribution < -0.4 is 14.8 Å². The number of nitrogens with one attached hydrogen (secondary N) is 1. The summed E-state index contributed by atoms with van der Waals surface area (Å²) < 4.78 is 47.4. The molecule has 1 amide bonds. The number of hydrogen-bond donors (Lipinski definition) is 1. The maximum atomic E-state index is 12.7. The van der Waals surface area contributed by atoms with Crippen LogP contribution in [0.5, 0.6) is 11.5 Å². The number of halogens is 3. The van der Waals surface area contributed by atoms with E-state index in [0.29, 0.717) is 30.8 Å². The third-order valence-corrected chi connectivity index (χ3v) is 6.07. The maximum Gasteiger partial charge on any atom is 0.573 e. The van der Waals surface area contributed by atoms with E-state index in [4.69, 9.17) is 4.74 Å². The van der Waals surface area contributed by atoms with Gasteiger partial charge in [-0.3, -0.25) is 9.69 Å². The van der Waals surface area contributed by atoms with Crippen LogP contribution in [0.2, 0.25) is 0 Å².